The van der Waals surface area contributed by atoms with Crippen LogP contribution in [0.25, 0.3) is 10.2 Å². The summed E-state index contributed by atoms with van der Waals surface area (Å²) in [7, 11) is 1.94. The van der Waals surface area contributed by atoms with Gasteiger partial charge in [-0.05, 0) is 30.7 Å². The number of carbonyl (C=O) groups excluding carboxylic acids is 1. The summed E-state index contributed by atoms with van der Waals surface area (Å²) >= 11 is 1.71. The predicted octanol–water partition coefficient (Wildman–Crippen LogP) is 3.47. The molecule has 0 N–H and O–H groups in total. The molecule has 1 fully saturated rings. The first-order valence-electron chi connectivity index (χ1n) is 8.50. The number of thiophene rings is 1. The number of fused-ring (bicyclic) bond motifs is 1. The van der Waals surface area contributed by atoms with E-state index >= 15 is 0 Å². The van der Waals surface area contributed by atoms with E-state index in [4.69, 9.17) is 0 Å². The molecule has 1 atom stereocenters. The minimum absolute atomic E-state index is 0.203. The maximum absolute atomic E-state index is 12.6. The van der Waals surface area contributed by atoms with Crippen molar-refractivity contribution >= 4 is 33.3 Å². The summed E-state index contributed by atoms with van der Waals surface area (Å²) in [4.78, 5) is 25.8. The molecule has 0 radical (unpaired) electrons. The molecule has 0 saturated carbocycles. The molecule has 1 amide bonds. The Morgan fingerprint density at radius 1 is 1.38 bits per heavy atom. The molecule has 6 heteroatoms. The van der Waals surface area contributed by atoms with Gasteiger partial charge in [-0.25, -0.2) is 9.97 Å². The van der Waals surface area contributed by atoms with Gasteiger partial charge < -0.3 is 9.80 Å². The highest BCUT2D eigenvalue weighted by molar-refractivity contribution is 7.18. The molecular weight excluding hydrogens is 320 g/mol. The minimum Gasteiger partial charge on any atom is -0.353 e. The first-order valence-corrected chi connectivity index (χ1v) is 9.38. The molecule has 0 spiro atoms. The van der Waals surface area contributed by atoms with Crippen molar-refractivity contribution < 1.29 is 4.79 Å². The Labute approximate surface area is 147 Å². The molecule has 3 rings (SSSR count). The highest BCUT2D eigenvalue weighted by atomic mass is 32.1. The fraction of sp³-hybridized carbons (Fsp3) is 0.611. The SMILES string of the molecule is Cc1csc2c(N3CCCC(N(C)C(=O)C(C)(C)C)C3)ncnc12. The van der Waals surface area contributed by atoms with Crippen LogP contribution in [0.1, 0.15) is 39.2 Å². The van der Waals surface area contributed by atoms with Gasteiger partial charge in [-0.1, -0.05) is 20.8 Å². The van der Waals surface area contributed by atoms with Gasteiger partial charge >= 0.3 is 0 Å². The lowest BCUT2D eigenvalue weighted by Crippen LogP contribution is -2.51. The van der Waals surface area contributed by atoms with Crippen LogP contribution in [0.3, 0.4) is 0 Å². The van der Waals surface area contributed by atoms with Crippen LogP contribution in [0.4, 0.5) is 5.82 Å². The van der Waals surface area contributed by atoms with Crippen molar-refractivity contribution in [2.45, 2.75) is 46.6 Å². The average molecular weight is 347 g/mol. The maximum atomic E-state index is 12.6. The standard InChI is InChI=1S/C18H26N4OS/c1-12-10-24-15-14(12)19-11-20-16(15)22-8-6-7-13(9-22)21(5)17(23)18(2,3)4/h10-11,13H,6-9H2,1-5H3. The second-order valence-electron chi connectivity index (χ2n) is 7.70. The lowest BCUT2D eigenvalue weighted by atomic mass is 9.93. The van der Waals surface area contributed by atoms with Crippen LogP contribution in [-0.4, -0.2) is 47.0 Å². The van der Waals surface area contributed by atoms with Crippen molar-refractivity contribution in [2.24, 2.45) is 5.41 Å². The third-order valence-corrected chi connectivity index (χ3v) is 5.80. The number of piperidine rings is 1. The predicted molar refractivity (Wildman–Crippen MR) is 99.6 cm³/mol. The summed E-state index contributed by atoms with van der Waals surface area (Å²) in [6, 6.07) is 0.233. The van der Waals surface area contributed by atoms with Gasteiger partial charge in [0.2, 0.25) is 5.91 Å². The Morgan fingerprint density at radius 2 is 2.12 bits per heavy atom. The molecule has 3 heterocycles. The molecule has 0 bridgehead atoms. The van der Waals surface area contributed by atoms with E-state index < -0.39 is 0 Å². The molecule has 1 unspecified atom stereocenters. The minimum atomic E-state index is -0.343. The number of rotatable bonds is 2. The average Bonchev–Trinajstić information content (AvgIpc) is 2.94. The van der Waals surface area contributed by atoms with E-state index in [0.717, 1.165) is 42.0 Å². The van der Waals surface area contributed by atoms with E-state index in [1.54, 1.807) is 17.7 Å². The second-order valence-corrected chi connectivity index (χ2v) is 8.58. The summed E-state index contributed by atoms with van der Waals surface area (Å²) in [6.45, 7) is 9.85. The van der Waals surface area contributed by atoms with Gasteiger partial charge in [-0.15, -0.1) is 11.3 Å². The van der Waals surface area contributed by atoms with E-state index in [-0.39, 0.29) is 17.4 Å². The maximum Gasteiger partial charge on any atom is 0.227 e. The van der Waals surface area contributed by atoms with E-state index in [1.807, 2.05) is 32.7 Å². The van der Waals surface area contributed by atoms with Crippen molar-refractivity contribution in [3.05, 3.63) is 17.3 Å². The van der Waals surface area contributed by atoms with Crippen molar-refractivity contribution in [1.29, 1.82) is 0 Å². The molecule has 2 aromatic heterocycles. The van der Waals surface area contributed by atoms with Crippen LogP contribution in [0, 0.1) is 12.3 Å². The quantitative estimate of drug-likeness (QED) is 0.835. The van der Waals surface area contributed by atoms with Crippen LogP contribution in [-0.2, 0) is 4.79 Å². The van der Waals surface area contributed by atoms with Crippen molar-refractivity contribution in [3.8, 4) is 0 Å². The Morgan fingerprint density at radius 3 is 2.83 bits per heavy atom. The van der Waals surface area contributed by atoms with Gasteiger partial charge in [-0.3, -0.25) is 4.79 Å². The summed E-state index contributed by atoms with van der Waals surface area (Å²) in [5.74, 6) is 1.22. The van der Waals surface area contributed by atoms with Crippen LogP contribution >= 0.6 is 11.3 Å². The summed E-state index contributed by atoms with van der Waals surface area (Å²) in [6.07, 6.45) is 3.78. The van der Waals surface area contributed by atoms with E-state index in [9.17, 15) is 4.79 Å². The molecule has 24 heavy (non-hydrogen) atoms. The van der Waals surface area contributed by atoms with Crippen LogP contribution < -0.4 is 4.90 Å². The zero-order valence-electron chi connectivity index (χ0n) is 15.2. The lowest BCUT2D eigenvalue weighted by molar-refractivity contribution is -0.140. The van der Waals surface area contributed by atoms with Gasteiger partial charge in [0.05, 0.1) is 10.2 Å². The topological polar surface area (TPSA) is 49.3 Å². The number of aromatic nitrogens is 2. The van der Waals surface area contributed by atoms with Gasteiger partial charge in [0.15, 0.2) is 0 Å². The largest absolute Gasteiger partial charge is 0.353 e. The first-order chi connectivity index (χ1) is 11.3. The zero-order valence-corrected chi connectivity index (χ0v) is 16.0. The molecule has 1 saturated heterocycles. The summed E-state index contributed by atoms with van der Waals surface area (Å²) in [5.41, 5.74) is 1.91. The van der Waals surface area contributed by atoms with E-state index in [0.29, 0.717) is 0 Å². The normalized spacial score (nSPS) is 18.9. The first kappa shape index (κ1) is 17.1. The fourth-order valence-corrected chi connectivity index (χ4v) is 4.36. The van der Waals surface area contributed by atoms with Crippen LogP contribution in [0.15, 0.2) is 11.7 Å². The number of amides is 1. The van der Waals surface area contributed by atoms with Crippen LogP contribution in [0.2, 0.25) is 0 Å². The van der Waals surface area contributed by atoms with Gasteiger partial charge in [-0.2, -0.15) is 0 Å². The number of nitrogens with zero attached hydrogens (tertiary/aromatic N) is 4. The third-order valence-electron chi connectivity index (χ3n) is 4.72. The number of aryl methyl sites for hydroxylation is 1. The highest BCUT2D eigenvalue weighted by Crippen LogP contribution is 2.33. The Hall–Kier alpha value is -1.69. The molecule has 1 aliphatic heterocycles. The second kappa shape index (κ2) is 6.31. The van der Waals surface area contributed by atoms with Gasteiger partial charge in [0.1, 0.15) is 12.1 Å². The molecule has 130 valence electrons. The van der Waals surface area contributed by atoms with Crippen LogP contribution in [0.5, 0.6) is 0 Å². The molecule has 0 aliphatic carbocycles. The smallest absolute Gasteiger partial charge is 0.227 e. The highest BCUT2D eigenvalue weighted by Gasteiger charge is 2.32. The molecular formula is C18H26N4OS. The number of anilines is 1. The number of carbonyl (C=O) groups is 1. The molecule has 1 aliphatic rings. The summed E-state index contributed by atoms with van der Waals surface area (Å²) in [5, 5.41) is 2.14. The Balaban J connectivity index is 1.84. The number of likely N-dealkylation sites (N-methyl/N-ethyl adjacent to an activating group) is 1. The Bertz CT molecular complexity index is 749. The van der Waals surface area contributed by atoms with E-state index in [1.165, 1.54) is 5.56 Å². The fourth-order valence-electron chi connectivity index (χ4n) is 3.34. The van der Waals surface area contributed by atoms with Crippen molar-refractivity contribution in [1.82, 2.24) is 14.9 Å². The molecule has 2 aromatic rings. The Kier molecular flexibility index (Phi) is 4.51. The van der Waals surface area contributed by atoms with E-state index in [2.05, 4.69) is 27.2 Å². The van der Waals surface area contributed by atoms with Gasteiger partial charge in [0, 0.05) is 31.6 Å². The molecule has 0 aromatic carbocycles. The van der Waals surface area contributed by atoms with Crippen molar-refractivity contribution in [3.63, 3.8) is 0 Å². The zero-order chi connectivity index (χ0) is 17.5. The lowest BCUT2D eigenvalue weighted by Gasteiger charge is -2.40. The van der Waals surface area contributed by atoms with Gasteiger partial charge in [0.25, 0.3) is 0 Å². The third kappa shape index (κ3) is 3.11. The monoisotopic (exact) mass is 346 g/mol. The molecule has 5 nitrogen and oxygen atoms in total. The van der Waals surface area contributed by atoms with Crippen molar-refractivity contribution in [2.75, 3.05) is 25.0 Å². The summed E-state index contributed by atoms with van der Waals surface area (Å²) < 4.78 is 1.15. The number of hydrogen-bond acceptors (Lipinski definition) is 5. The number of hydrogen-bond donors (Lipinski definition) is 0.